The molecule has 1 unspecified atom stereocenters. The highest BCUT2D eigenvalue weighted by Crippen LogP contribution is 2.27. The van der Waals surface area contributed by atoms with Gasteiger partial charge in [0.1, 0.15) is 32.1 Å². The number of benzene rings is 3. The fourth-order valence-electron chi connectivity index (χ4n) is 6.05. The van der Waals surface area contributed by atoms with Crippen molar-refractivity contribution in [3.8, 4) is 0 Å². The van der Waals surface area contributed by atoms with Gasteiger partial charge in [-0.05, 0) is 59.5 Å². The summed E-state index contributed by atoms with van der Waals surface area (Å²) in [5, 5.41) is 46.3. The quantitative estimate of drug-likeness (QED) is 0.0324. The van der Waals surface area contributed by atoms with Crippen molar-refractivity contribution in [2.45, 2.75) is 56.2 Å². The third-order valence-corrected chi connectivity index (χ3v) is 9.65. The molecule has 0 radical (unpaired) electrons. The second kappa shape index (κ2) is 20.2. The Balaban J connectivity index is 1.13. The summed E-state index contributed by atoms with van der Waals surface area (Å²) in [6.07, 6.45) is -4.21. The van der Waals surface area contributed by atoms with Crippen LogP contribution in [0.2, 0.25) is 0 Å². The Labute approximate surface area is 345 Å². The lowest BCUT2D eigenvalue weighted by Crippen LogP contribution is -2.64. The van der Waals surface area contributed by atoms with Crippen LogP contribution in [0.5, 0.6) is 0 Å². The lowest BCUT2D eigenvalue weighted by atomic mass is 10.1. The molecule has 0 aromatic heterocycles. The van der Waals surface area contributed by atoms with Crippen LogP contribution < -0.4 is 11.1 Å². The number of hydrogen-bond acceptors (Lipinski definition) is 16. The number of ether oxygens (including phenoxy) is 3. The van der Waals surface area contributed by atoms with Gasteiger partial charge >= 0.3 is 18.3 Å². The molecule has 2 fully saturated rings. The van der Waals surface area contributed by atoms with Gasteiger partial charge in [-0.2, -0.15) is 12.6 Å². The van der Waals surface area contributed by atoms with Crippen molar-refractivity contribution in [1.29, 1.82) is 0 Å². The normalized spacial score (nSPS) is 16.9. The number of aliphatic imine (C=N–C) groups is 1. The first-order valence-electron chi connectivity index (χ1n) is 18.1. The minimum Gasteiger partial charge on any atom is -0.445 e. The third-order valence-electron chi connectivity index (χ3n) is 9.28. The second-order valence-electron chi connectivity index (χ2n) is 13.5. The van der Waals surface area contributed by atoms with E-state index in [4.69, 9.17) is 19.9 Å². The van der Waals surface area contributed by atoms with Crippen molar-refractivity contribution >= 4 is 59.8 Å². The summed E-state index contributed by atoms with van der Waals surface area (Å²) in [6, 6.07) is 14.6. The fourth-order valence-corrected chi connectivity index (χ4v) is 6.43. The van der Waals surface area contributed by atoms with Gasteiger partial charge in [-0.15, -0.1) is 4.99 Å². The summed E-state index contributed by atoms with van der Waals surface area (Å²) >= 11 is 4.46. The number of nitro groups is 3. The summed E-state index contributed by atoms with van der Waals surface area (Å²) in [7, 11) is 0. The molecule has 2 heterocycles. The van der Waals surface area contributed by atoms with E-state index in [1.165, 1.54) is 82.6 Å². The molecule has 0 bridgehead atoms. The van der Waals surface area contributed by atoms with Gasteiger partial charge in [-0.1, -0.05) is 0 Å². The number of guanidine groups is 1. The van der Waals surface area contributed by atoms with Crippen molar-refractivity contribution in [3.63, 3.8) is 0 Å². The van der Waals surface area contributed by atoms with Crippen LogP contribution in [0.4, 0.5) is 31.4 Å². The summed E-state index contributed by atoms with van der Waals surface area (Å²) in [5.74, 6) is -1.00. The number of nitrogens with zero attached hydrogens (tertiary/aromatic N) is 7. The van der Waals surface area contributed by atoms with E-state index in [9.17, 15) is 54.6 Å². The monoisotopic (exact) mass is 853 g/mol. The maximum absolute atomic E-state index is 13.4. The molecule has 318 valence electrons. The molecular weight excluding hydrogens is 815 g/mol. The number of rotatable bonds is 15. The van der Waals surface area contributed by atoms with E-state index >= 15 is 0 Å². The molecular formula is C36H39N9O14S. The molecule has 3 atom stereocenters. The lowest BCUT2D eigenvalue weighted by Gasteiger charge is -2.42. The van der Waals surface area contributed by atoms with Gasteiger partial charge in [0.2, 0.25) is 11.9 Å². The second-order valence-corrected chi connectivity index (χ2v) is 14.3. The Bertz CT molecular complexity index is 2100. The minimum absolute atomic E-state index is 0.113. The zero-order chi connectivity index (χ0) is 43.5. The number of nitro benzene ring substituents is 3. The molecule has 3 aromatic rings. The predicted molar refractivity (Wildman–Crippen MR) is 210 cm³/mol. The lowest BCUT2D eigenvalue weighted by molar-refractivity contribution is -0.385. The van der Waals surface area contributed by atoms with E-state index in [0.29, 0.717) is 16.7 Å². The average Bonchev–Trinajstić information content (AvgIpc) is 3.61. The summed E-state index contributed by atoms with van der Waals surface area (Å²) < 4.78 is 15.8. The number of aliphatic hydroxyl groups excluding tert-OH is 1. The minimum atomic E-state index is -1.27. The molecule has 2 aliphatic heterocycles. The van der Waals surface area contributed by atoms with E-state index in [1.807, 2.05) is 0 Å². The van der Waals surface area contributed by atoms with Gasteiger partial charge in [0, 0.05) is 80.3 Å². The number of hydrogen-bond donors (Lipinski definition) is 4. The van der Waals surface area contributed by atoms with Crippen LogP contribution in [0.15, 0.2) is 77.8 Å². The number of aliphatic hydroxyl groups is 1. The number of nitrogens with two attached hydrogens (primary N) is 1. The number of thiol groups is 1. The topological polar surface area (TPSA) is 306 Å². The number of nitrogens with one attached hydrogen (secondary N) is 1. The Kier molecular flexibility index (Phi) is 14.9. The van der Waals surface area contributed by atoms with E-state index in [0.717, 1.165) is 4.90 Å². The van der Waals surface area contributed by atoms with Gasteiger partial charge in [0.15, 0.2) is 0 Å². The van der Waals surface area contributed by atoms with Crippen LogP contribution in [0, 0.1) is 30.3 Å². The molecule has 0 spiro atoms. The maximum atomic E-state index is 13.4. The smallest absolute Gasteiger partial charge is 0.437 e. The SMILES string of the molecule is NC(=NC(=O)OCc1ccc([N+](=O)[O-])cc1)N(CCC(O)NC1CN(C(=O)[C@@H]2C[C@H](S)CN2C(=O)OCc2ccc([N+](=O)[O-])cc2)C1)C(=O)OCc1ccc([N+](=O)[O-])cc1. The standard InChI is InChI=1S/C36H39N9O14S/c37-33(39-34(48)57-19-22-1-7-26(8-2-22)43(51)52)41(35(49)58-20-23-3-9-27(10-4-23)44(53)54)14-13-31(46)38-25-16-40(17-25)32(47)30-15-29(60)18-42(30)36(50)59-21-24-5-11-28(12-6-24)45(55)56/h1-12,25,29-31,38,46,60H,13-21H2,(H2,37,39,48)/t29-,30-,31?/m0/s1. The number of amides is 4. The molecule has 23 nitrogen and oxygen atoms in total. The van der Waals surface area contributed by atoms with E-state index < -0.39 is 51.3 Å². The van der Waals surface area contributed by atoms with Crippen LogP contribution in [-0.2, 0) is 38.8 Å². The third kappa shape index (κ3) is 12.1. The van der Waals surface area contributed by atoms with E-state index in [1.54, 1.807) is 0 Å². The number of likely N-dealkylation sites (tertiary alicyclic amines) is 2. The van der Waals surface area contributed by atoms with Gasteiger partial charge in [0.05, 0.1) is 14.8 Å². The summed E-state index contributed by atoms with van der Waals surface area (Å²) in [6.45, 7) is -0.688. The fraction of sp³-hybridized carbons (Fsp3) is 0.361. The number of carbonyl (C=O) groups is 4. The molecule has 0 aliphatic carbocycles. The Morgan fingerprint density at radius 2 is 1.27 bits per heavy atom. The molecule has 60 heavy (non-hydrogen) atoms. The maximum Gasteiger partial charge on any atom is 0.437 e. The molecule has 5 rings (SSSR count). The highest BCUT2D eigenvalue weighted by Gasteiger charge is 2.44. The Morgan fingerprint density at radius 3 is 1.75 bits per heavy atom. The van der Waals surface area contributed by atoms with E-state index in [-0.39, 0.29) is 93.1 Å². The molecule has 2 aliphatic rings. The molecule has 0 saturated carbocycles. The van der Waals surface area contributed by atoms with Crippen LogP contribution in [-0.4, -0.2) is 114 Å². The van der Waals surface area contributed by atoms with Crippen molar-refractivity contribution in [1.82, 2.24) is 20.0 Å². The van der Waals surface area contributed by atoms with E-state index in [2.05, 4.69) is 22.9 Å². The first kappa shape index (κ1) is 44.2. The van der Waals surface area contributed by atoms with Gasteiger partial charge in [-0.3, -0.25) is 45.4 Å². The summed E-state index contributed by atoms with van der Waals surface area (Å²) in [5.41, 5.74) is 6.87. The Morgan fingerprint density at radius 1 is 0.800 bits per heavy atom. The molecule has 24 heteroatoms. The molecule has 4 N–H and O–H groups in total. The van der Waals surface area contributed by atoms with Crippen molar-refractivity contribution in [2.75, 3.05) is 26.2 Å². The highest BCUT2D eigenvalue weighted by molar-refractivity contribution is 7.81. The Hall–Kier alpha value is -6.92. The van der Waals surface area contributed by atoms with Crippen LogP contribution in [0.1, 0.15) is 29.5 Å². The first-order chi connectivity index (χ1) is 28.6. The van der Waals surface area contributed by atoms with Crippen LogP contribution in [0.3, 0.4) is 0 Å². The molecule has 4 amide bonds. The van der Waals surface area contributed by atoms with Gasteiger partial charge in [0.25, 0.3) is 17.1 Å². The number of non-ortho nitro benzene ring substituents is 3. The first-order valence-corrected chi connectivity index (χ1v) is 18.6. The van der Waals surface area contributed by atoms with Gasteiger partial charge in [-0.25, -0.2) is 19.3 Å². The molecule has 3 aromatic carbocycles. The number of carbonyl (C=O) groups excluding carboxylic acids is 4. The van der Waals surface area contributed by atoms with Crippen molar-refractivity contribution in [3.05, 3.63) is 120 Å². The zero-order valence-electron chi connectivity index (χ0n) is 31.5. The molecule has 2 saturated heterocycles. The van der Waals surface area contributed by atoms with Crippen LogP contribution >= 0.6 is 12.6 Å². The zero-order valence-corrected chi connectivity index (χ0v) is 32.4. The largest absolute Gasteiger partial charge is 0.445 e. The predicted octanol–water partition coefficient (Wildman–Crippen LogP) is 3.22. The average molecular weight is 854 g/mol. The van der Waals surface area contributed by atoms with Crippen molar-refractivity contribution < 1.29 is 53.3 Å². The van der Waals surface area contributed by atoms with Crippen molar-refractivity contribution in [2.24, 2.45) is 10.7 Å². The van der Waals surface area contributed by atoms with Crippen LogP contribution in [0.25, 0.3) is 0 Å². The van der Waals surface area contributed by atoms with Gasteiger partial charge < -0.3 is 30.0 Å². The summed E-state index contributed by atoms with van der Waals surface area (Å²) in [4.78, 5) is 90.3. The highest BCUT2D eigenvalue weighted by atomic mass is 32.1.